The summed E-state index contributed by atoms with van der Waals surface area (Å²) in [6.45, 7) is 3.70. The van der Waals surface area contributed by atoms with Gasteiger partial charge in [0.25, 0.3) is 5.78 Å². The van der Waals surface area contributed by atoms with Crippen molar-refractivity contribution < 1.29 is 9.90 Å². The first-order valence-electron chi connectivity index (χ1n) is 6.20. The van der Waals surface area contributed by atoms with Gasteiger partial charge in [0.1, 0.15) is 18.2 Å². The molecule has 0 aliphatic heterocycles. The van der Waals surface area contributed by atoms with Crippen molar-refractivity contribution >= 4 is 17.6 Å². The molecular weight excluding hydrogens is 246 g/mol. The van der Waals surface area contributed by atoms with Gasteiger partial charge in [-0.05, 0) is 13.3 Å². The summed E-state index contributed by atoms with van der Waals surface area (Å²) in [6.07, 6.45) is 3.21. The van der Waals surface area contributed by atoms with Crippen LogP contribution in [0.1, 0.15) is 26.0 Å². The summed E-state index contributed by atoms with van der Waals surface area (Å²) in [4.78, 5) is 21.2. The van der Waals surface area contributed by atoms with Crippen molar-refractivity contribution in [1.29, 1.82) is 0 Å². The maximum atomic E-state index is 11.1. The Balaban J connectivity index is 2.50. The number of anilines is 1. The number of carboxylic acids is 1. The van der Waals surface area contributed by atoms with Crippen LogP contribution >= 0.6 is 0 Å². The van der Waals surface area contributed by atoms with E-state index in [2.05, 4.69) is 22.0 Å². The number of aromatic nitrogens is 4. The van der Waals surface area contributed by atoms with Gasteiger partial charge in [0.15, 0.2) is 0 Å². The first-order chi connectivity index (χ1) is 9.04. The monoisotopic (exact) mass is 263 g/mol. The summed E-state index contributed by atoms with van der Waals surface area (Å²) < 4.78 is 1.55. The fourth-order valence-electron chi connectivity index (χ4n) is 1.84. The van der Waals surface area contributed by atoms with Crippen molar-refractivity contribution in [1.82, 2.24) is 19.6 Å². The van der Waals surface area contributed by atoms with Crippen LogP contribution in [-0.2, 0) is 11.2 Å². The summed E-state index contributed by atoms with van der Waals surface area (Å²) in [5.74, 6) is 0.288. The molecule has 0 fully saturated rings. The minimum Gasteiger partial charge on any atom is -0.480 e. The van der Waals surface area contributed by atoms with Crippen LogP contribution in [0.25, 0.3) is 5.78 Å². The van der Waals surface area contributed by atoms with E-state index < -0.39 is 12.0 Å². The molecule has 2 aromatic heterocycles. The number of aryl methyl sites for hydroxylation is 1. The van der Waals surface area contributed by atoms with Crippen LogP contribution in [0.2, 0.25) is 0 Å². The van der Waals surface area contributed by atoms with Crippen LogP contribution in [0.5, 0.6) is 0 Å². The molecule has 0 aromatic carbocycles. The number of aliphatic carboxylic acids is 1. The molecule has 2 rings (SSSR count). The molecule has 7 heteroatoms. The van der Waals surface area contributed by atoms with Gasteiger partial charge in [0.05, 0.1) is 0 Å². The Hall–Kier alpha value is -2.18. The number of carboxylic acid groups (broad SMARTS) is 1. The van der Waals surface area contributed by atoms with E-state index in [1.165, 1.54) is 6.33 Å². The van der Waals surface area contributed by atoms with E-state index >= 15 is 0 Å². The second kappa shape index (κ2) is 5.21. The van der Waals surface area contributed by atoms with E-state index in [1.54, 1.807) is 23.4 Å². The number of fused-ring (bicyclic) bond motifs is 1. The molecule has 0 amide bonds. The van der Waals surface area contributed by atoms with Crippen molar-refractivity contribution in [2.45, 2.75) is 32.7 Å². The number of rotatable bonds is 5. The largest absolute Gasteiger partial charge is 0.480 e. The molecule has 2 heterocycles. The molecule has 1 N–H and O–H groups in total. The Morgan fingerprint density at radius 2 is 2.32 bits per heavy atom. The van der Waals surface area contributed by atoms with Crippen LogP contribution in [0.3, 0.4) is 0 Å². The predicted octanol–water partition coefficient (Wildman–Crippen LogP) is 0.986. The van der Waals surface area contributed by atoms with Crippen molar-refractivity contribution in [3.05, 3.63) is 18.1 Å². The van der Waals surface area contributed by atoms with Gasteiger partial charge in [-0.1, -0.05) is 13.3 Å². The van der Waals surface area contributed by atoms with Gasteiger partial charge < -0.3 is 10.0 Å². The van der Waals surface area contributed by atoms with Crippen LogP contribution in [0, 0.1) is 0 Å². The van der Waals surface area contributed by atoms with Gasteiger partial charge in [0, 0.05) is 18.8 Å². The molecule has 0 aliphatic rings. The third-order valence-electron chi connectivity index (χ3n) is 3.09. The minimum atomic E-state index is -0.885. The predicted molar refractivity (Wildman–Crippen MR) is 70.3 cm³/mol. The van der Waals surface area contributed by atoms with E-state index in [0.717, 1.165) is 18.5 Å². The zero-order chi connectivity index (χ0) is 14.0. The van der Waals surface area contributed by atoms with Crippen molar-refractivity contribution in [2.75, 3.05) is 11.9 Å². The molecule has 0 saturated carbocycles. The van der Waals surface area contributed by atoms with Gasteiger partial charge in [0.2, 0.25) is 0 Å². The summed E-state index contributed by atoms with van der Waals surface area (Å²) in [5, 5.41) is 13.2. The maximum Gasteiger partial charge on any atom is 0.326 e. The zero-order valence-corrected chi connectivity index (χ0v) is 11.2. The first-order valence-corrected chi connectivity index (χ1v) is 6.20. The number of carbonyl (C=O) groups is 1. The molecule has 19 heavy (non-hydrogen) atoms. The smallest absolute Gasteiger partial charge is 0.326 e. The lowest BCUT2D eigenvalue weighted by molar-refractivity contribution is -0.138. The molecule has 1 atom stereocenters. The number of hydrogen-bond donors (Lipinski definition) is 1. The highest BCUT2D eigenvalue weighted by Crippen LogP contribution is 2.18. The Labute approximate surface area is 110 Å². The van der Waals surface area contributed by atoms with E-state index in [0.29, 0.717) is 11.6 Å². The molecule has 102 valence electrons. The van der Waals surface area contributed by atoms with E-state index in [-0.39, 0.29) is 0 Å². The van der Waals surface area contributed by atoms with Crippen molar-refractivity contribution in [3.63, 3.8) is 0 Å². The van der Waals surface area contributed by atoms with E-state index in [4.69, 9.17) is 5.11 Å². The standard InChI is InChI=1S/C12H17N5O2/c1-4-5-9-6-10(16(3)8(2)11(18)19)17-12(15-9)13-7-14-17/h6-8H,4-5H2,1-3H3,(H,18,19). The number of hydrogen-bond acceptors (Lipinski definition) is 5. The molecule has 1 unspecified atom stereocenters. The summed E-state index contributed by atoms with van der Waals surface area (Å²) in [7, 11) is 1.73. The molecule has 0 bridgehead atoms. The zero-order valence-electron chi connectivity index (χ0n) is 11.2. The molecule has 0 radical (unpaired) electrons. The van der Waals surface area contributed by atoms with Crippen LogP contribution in [-0.4, -0.2) is 43.7 Å². The second-order valence-corrected chi connectivity index (χ2v) is 4.45. The number of nitrogens with zero attached hydrogens (tertiary/aromatic N) is 5. The van der Waals surface area contributed by atoms with Crippen molar-refractivity contribution in [2.24, 2.45) is 0 Å². The quantitative estimate of drug-likeness (QED) is 0.866. The Morgan fingerprint density at radius 1 is 1.58 bits per heavy atom. The molecule has 0 aliphatic carbocycles. The number of likely N-dealkylation sites (N-methyl/N-ethyl adjacent to an activating group) is 1. The molecule has 0 spiro atoms. The highest BCUT2D eigenvalue weighted by Gasteiger charge is 2.20. The average Bonchev–Trinajstić information content (AvgIpc) is 2.84. The third-order valence-corrected chi connectivity index (χ3v) is 3.09. The summed E-state index contributed by atoms with van der Waals surface area (Å²) >= 11 is 0. The van der Waals surface area contributed by atoms with Crippen LogP contribution in [0.4, 0.5) is 5.82 Å². The Morgan fingerprint density at radius 3 is 2.95 bits per heavy atom. The molecular formula is C12H17N5O2. The first kappa shape index (κ1) is 13.3. The summed E-state index contributed by atoms with van der Waals surface area (Å²) in [6, 6.07) is 1.22. The maximum absolute atomic E-state index is 11.1. The van der Waals surface area contributed by atoms with E-state index in [1.807, 2.05) is 6.07 Å². The fourth-order valence-corrected chi connectivity index (χ4v) is 1.84. The lowest BCUT2D eigenvalue weighted by Gasteiger charge is -2.24. The second-order valence-electron chi connectivity index (χ2n) is 4.45. The summed E-state index contributed by atoms with van der Waals surface area (Å²) in [5.41, 5.74) is 0.891. The lowest BCUT2D eigenvalue weighted by Crippen LogP contribution is -2.37. The SMILES string of the molecule is CCCc1cc(N(C)C(C)C(=O)O)n2ncnc2n1. The Kier molecular flexibility index (Phi) is 3.64. The normalized spacial score (nSPS) is 12.6. The van der Waals surface area contributed by atoms with Crippen LogP contribution in [0.15, 0.2) is 12.4 Å². The minimum absolute atomic E-state index is 0.491. The third kappa shape index (κ3) is 2.49. The topological polar surface area (TPSA) is 83.6 Å². The van der Waals surface area contributed by atoms with Gasteiger partial charge in [-0.25, -0.2) is 9.78 Å². The van der Waals surface area contributed by atoms with Crippen LogP contribution < -0.4 is 4.90 Å². The Bertz CT molecular complexity index is 595. The van der Waals surface area contributed by atoms with Gasteiger partial charge in [-0.3, -0.25) is 0 Å². The van der Waals surface area contributed by atoms with Crippen molar-refractivity contribution in [3.8, 4) is 0 Å². The highest BCUT2D eigenvalue weighted by atomic mass is 16.4. The van der Waals surface area contributed by atoms with Gasteiger partial charge >= 0.3 is 5.97 Å². The molecule has 0 saturated heterocycles. The fraction of sp³-hybridized carbons (Fsp3) is 0.500. The van der Waals surface area contributed by atoms with Gasteiger partial charge in [-0.2, -0.15) is 14.6 Å². The molecule has 2 aromatic rings. The highest BCUT2D eigenvalue weighted by molar-refractivity contribution is 5.77. The van der Waals surface area contributed by atoms with E-state index in [9.17, 15) is 4.79 Å². The lowest BCUT2D eigenvalue weighted by atomic mass is 10.2. The average molecular weight is 263 g/mol. The van der Waals surface area contributed by atoms with Gasteiger partial charge in [-0.15, -0.1) is 0 Å². The molecule has 7 nitrogen and oxygen atoms in total.